The monoisotopic (exact) mass is 283 g/mol. The molecule has 0 spiro atoms. The Morgan fingerprint density at radius 1 is 1.50 bits per heavy atom. The molecule has 0 aromatic rings. The second kappa shape index (κ2) is 8.61. The van der Waals surface area contributed by atoms with Crippen molar-refractivity contribution in [2.24, 2.45) is 16.4 Å². The first-order valence-electron chi connectivity index (χ1n) is 6.75. The van der Waals surface area contributed by atoms with Crippen molar-refractivity contribution >= 4 is 5.97 Å². The van der Waals surface area contributed by atoms with E-state index in [4.69, 9.17) is 10.3 Å². The van der Waals surface area contributed by atoms with E-state index >= 15 is 0 Å². The topological polar surface area (TPSA) is 95.3 Å². The fourth-order valence-corrected chi connectivity index (χ4v) is 1.75. The summed E-state index contributed by atoms with van der Waals surface area (Å²) in [7, 11) is 0. The maximum absolute atomic E-state index is 11.8. The van der Waals surface area contributed by atoms with Gasteiger partial charge in [0.05, 0.1) is 11.5 Å². The average Bonchev–Trinajstić information content (AvgIpc) is 2.35. The molecule has 0 heterocycles. The van der Waals surface area contributed by atoms with Crippen molar-refractivity contribution < 1.29 is 14.6 Å². The molecule has 0 fully saturated rings. The van der Waals surface area contributed by atoms with Gasteiger partial charge in [-0.05, 0) is 52.1 Å². The van der Waals surface area contributed by atoms with Crippen molar-refractivity contribution in [3.8, 4) is 0 Å². The molecule has 2 atom stereocenters. The number of esters is 1. The van der Waals surface area contributed by atoms with Gasteiger partial charge < -0.3 is 9.84 Å². The van der Waals surface area contributed by atoms with Crippen LogP contribution in [-0.2, 0) is 9.53 Å². The molecule has 114 valence electrons. The molecule has 6 heteroatoms. The lowest BCUT2D eigenvalue weighted by Crippen LogP contribution is -2.27. The molecule has 0 unspecified atom stereocenters. The van der Waals surface area contributed by atoms with Crippen LogP contribution in [0.2, 0.25) is 0 Å². The summed E-state index contributed by atoms with van der Waals surface area (Å²) in [6, 6.07) is 0. The van der Waals surface area contributed by atoms with Crippen molar-refractivity contribution in [2.45, 2.75) is 47.1 Å². The van der Waals surface area contributed by atoms with Crippen LogP contribution >= 0.6 is 0 Å². The summed E-state index contributed by atoms with van der Waals surface area (Å²) in [6.45, 7) is 9.34. The van der Waals surface area contributed by atoms with E-state index in [-0.39, 0.29) is 18.5 Å². The third kappa shape index (κ3) is 6.59. The molecule has 0 amide bonds. The van der Waals surface area contributed by atoms with E-state index < -0.39 is 11.5 Å². The fraction of sp³-hybridized carbons (Fsp3) is 0.786. The molecule has 0 aliphatic carbocycles. The summed E-state index contributed by atoms with van der Waals surface area (Å²) in [4.78, 5) is 14.5. The molecular formula is C14H25N3O3. The molecule has 0 aromatic heterocycles. The number of azide groups is 1. The Kier molecular flexibility index (Phi) is 7.96. The highest BCUT2D eigenvalue weighted by Gasteiger charge is 2.25. The molecule has 20 heavy (non-hydrogen) atoms. The van der Waals surface area contributed by atoms with E-state index in [0.717, 1.165) is 5.57 Å². The van der Waals surface area contributed by atoms with Crippen molar-refractivity contribution in [1.29, 1.82) is 0 Å². The van der Waals surface area contributed by atoms with Gasteiger partial charge in [0.25, 0.3) is 0 Å². The first-order valence-corrected chi connectivity index (χ1v) is 6.75. The van der Waals surface area contributed by atoms with Gasteiger partial charge in [-0.3, -0.25) is 4.79 Å². The van der Waals surface area contributed by atoms with E-state index in [0.29, 0.717) is 13.0 Å². The van der Waals surface area contributed by atoms with Crippen molar-refractivity contribution in [1.82, 2.24) is 0 Å². The van der Waals surface area contributed by atoms with E-state index in [9.17, 15) is 9.90 Å². The van der Waals surface area contributed by atoms with Crippen LogP contribution < -0.4 is 0 Å². The van der Waals surface area contributed by atoms with E-state index in [2.05, 4.69) is 10.0 Å². The first-order chi connectivity index (χ1) is 9.23. The number of hydrogen-bond donors (Lipinski definition) is 1. The van der Waals surface area contributed by atoms with Gasteiger partial charge in [0.1, 0.15) is 6.61 Å². The van der Waals surface area contributed by atoms with Crippen LogP contribution in [0.5, 0.6) is 0 Å². The number of rotatable bonds is 7. The number of allylic oxidation sites excluding steroid dienone is 1. The Hall–Kier alpha value is -1.52. The van der Waals surface area contributed by atoms with Gasteiger partial charge in [-0.2, -0.15) is 0 Å². The summed E-state index contributed by atoms with van der Waals surface area (Å²) < 4.78 is 5.28. The maximum atomic E-state index is 11.8. The minimum atomic E-state index is -0.594. The highest BCUT2D eigenvalue weighted by molar-refractivity contribution is 5.75. The smallest absolute Gasteiger partial charge is 0.311 e. The van der Waals surface area contributed by atoms with E-state index in [1.807, 2.05) is 13.0 Å². The van der Waals surface area contributed by atoms with Crippen molar-refractivity contribution in [2.75, 3.05) is 13.2 Å². The van der Waals surface area contributed by atoms with Crippen LogP contribution in [0.25, 0.3) is 10.4 Å². The molecule has 0 aliphatic rings. The summed E-state index contributed by atoms with van der Waals surface area (Å²) >= 11 is 0. The van der Waals surface area contributed by atoms with E-state index in [1.54, 1.807) is 27.7 Å². The van der Waals surface area contributed by atoms with Gasteiger partial charge >= 0.3 is 5.97 Å². The van der Waals surface area contributed by atoms with Gasteiger partial charge in [-0.15, -0.1) is 0 Å². The van der Waals surface area contributed by atoms with Crippen molar-refractivity contribution in [3.05, 3.63) is 22.1 Å². The summed E-state index contributed by atoms with van der Waals surface area (Å²) in [6.07, 6.45) is 1.76. The Bertz CT molecular complexity index is 391. The molecule has 1 N–H and O–H groups in total. The van der Waals surface area contributed by atoms with Crippen LogP contribution in [0.3, 0.4) is 0 Å². The molecule has 0 bridgehead atoms. The second-order valence-corrected chi connectivity index (χ2v) is 5.78. The quantitative estimate of drug-likeness (QED) is 0.255. The number of nitrogens with zero attached hydrogens (tertiary/aromatic N) is 3. The molecule has 0 saturated heterocycles. The number of aliphatic hydroxyl groups excluding tert-OH is 1. The zero-order valence-electron chi connectivity index (χ0n) is 13.0. The van der Waals surface area contributed by atoms with Gasteiger partial charge in [0.15, 0.2) is 0 Å². The second-order valence-electron chi connectivity index (χ2n) is 5.78. The van der Waals surface area contributed by atoms with Crippen LogP contribution in [0.1, 0.15) is 41.0 Å². The molecule has 0 aromatic carbocycles. The molecule has 0 radical (unpaired) electrons. The third-order valence-corrected chi connectivity index (χ3v) is 3.02. The Balaban J connectivity index is 4.69. The summed E-state index contributed by atoms with van der Waals surface area (Å²) in [5.74, 6) is -0.463. The zero-order valence-corrected chi connectivity index (χ0v) is 13.0. The Labute approximate surface area is 120 Å². The number of carbonyl (C=O) groups excluding carboxylic acids is 1. The predicted octanol–water partition coefficient (Wildman–Crippen LogP) is 3.22. The van der Waals surface area contributed by atoms with Crippen molar-refractivity contribution in [3.63, 3.8) is 0 Å². The summed E-state index contributed by atoms with van der Waals surface area (Å²) in [5.41, 5.74) is 8.58. The van der Waals surface area contributed by atoms with Crippen LogP contribution in [-0.4, -0.2) is 30.3 Å². The van der Waals surface area contributed by atoms with Gasteiger partial charge in [-0.25, -0.2) is 0 Å². The standard InChI is InChI=1S/C14H25N3O3/c1-6-11(9-20-13(19)14(3,4)5)12(10(2)18)7-8-16-17-15/h6,10,12,18H,7-9H2,1-5H3/b11-6-/t10-,12-/m1/s1. The highest BCUT2D eigenvalue weighted by Crippen LogP contribution is 2.22. The maximum Gasteiger partial charge on any atom is 0.311 e. The number of hydrogen-bond acceptors (Lipinski definition) is 4. The molecule has 0 saturated carbocycles. The number of ether oxygens (including phenoxy) is 1. The first kappa shape index (κ1) is 18.5. The lowest BCUT2D eigenvalue weighted by atomic mass is 9.90. The lowest BCUT2D eigenvalue weighted by molar-refractivity contribution is -0.152. The normalized spacial score (nSPS) is 15.2. The molecular weight excluding hydrogens is 258 g/mol. The van der Waals surface area contributed by atoms with E-state index in [1.165, 1.54) is 0 Å². The molecule has 6 nitrogen and oxygen atoms in total. The highest BCUT2D eigenvalue weighted by atomic mass is 16.5. The van der Waals surface area contributed by atoms with Gasteiger partial charge in [0, 0.05) is 17.4 Å². The number of carbonyl (C=O) groups is 1. The van der Waals surface area contributed by atoms with Crippen LogP contribution in [0.4, 0.5) is 0 Å². The number of aliphatic hydroxyl groups is 1. The third-order valence-electron chi connectivity index (χ3n) is 3.02. The minimum Gasteiger partial charge on any atom is -0.461 e. The predicted molar refractivity (Wildman–Crippen MR) is 78.0 cm³/mol. The van der Waals surface area contributed by atoms with Crippen LogP contribution in [0.15, 0.2) is 16.8 Å². The summed E-state index contributed by atoms with van der Waals surface area (Å²) in [5, 5.41) is 13.3. The van der Waals surface area contributed by atoms with Crippen LogP contribution in [0, 0.1) is 11.3 Å². The SMILES string of the molecule is C/C=C(/COC(=O)C(C)(C)C)[C@H](CCN=[N+]=[N-])[C@@H](C)O. The largest absolute Gasteiger partial charge is 0.461 e. The average molecular weight is 283 g/mol. The van der Waals surface area contributed by atoms with Gasteiger partial charge in [-0.1, -0.05) is 11.2 Å². The lowest BCUT2D eigenvalue weighted by Gasteiger charge is -2.24. The minimum absolute atomic E-state index is 0.151. The fourth-order valence-electron chi connectivity index (χ4n) is 1.75. The Morgan fingerprint density at radius 2 is 2.10 bits per heavy atom. The molecule has 0 aliphatic heterocycles. The zero-order chi connectivity index (χ0) is 15.8. The molecule has 0 rings (SSSR count). The van der Waals surface area contributed by atoms with Gasteiger partial charge in [0.2, 0.25) is 0 Å². The Morgan fingerprint density at radius 3 is 2.50 bits per heavy atom.